The molecule has 1 aliphatic heterocycles. The van der Waals surface area contributed by atoms with Gasteiger partial charge in [-0.15, -0.1) is 0 Å². The minimum Gasteiger partial charge on any atom is -0.394 e. The van der Waals surface area contributed by atoms with Crippen LogP contribution in [-0.4, -0.2) is 53.4 Å². The molecule has 6 nitrogen and oxygen atoms in total. The first kappa shape index (κ1) is 32.8. The summed E-state index contributed by atoms with van der Waals surface area (Å²) in [5, 5.41) is 20.5. The molecule has 2 heterocycles. The van der Waals surface area contributed by atoms with Crippen LogP contribution >= 0.6 is 23.2 Å². The summed E-state index contributed by atoms with van der Waals surface area (Å²) in [6.45, 7) is 2.37. The van der Waals surface area contributed by atoms with Gasteiger partial charge in [0.25, 0.3) is 0 Å². The van der Waals surface area contributed by atoms with Crippen LogP contribution in [-0.2, 0) is 22.6 Å². The Morgan fingerprint density at radius 3 is 2.09 bits per heavy atom. The minimum absolute atomic E-state index is 0.00594. The van der Waals surface area contributed by atoms with Crippen LogP contribution < -0.4 is 9.80 Å². The number of likely N-dealkylation sites (N-methyl/N-ethyl adjacent to an activating group) is 1. The van der Waals surface area contributed by atoms with Crippen molar-refractivity contribution in [3.63, 3.8) is 0 Å². The second-order valence-corrected chi connectivity index (χ2v) is 11.7. The number of pyridine rings is 1. The highest BCUT2D eigenvalue weighted by molar-refractivity contribution is 6.36. The molecule has 2 aromatic carbocycles. The molecule has 0 saturated carbocycles. The van der Waals surface area contributed by atoms with Crippen LogP contribution in [0.25, 0.3) is 11.1 Å². The zero-order valence-electron chi connectivity index (χ0n) is 23.1. The average Bonchev–Trinajstić information content (AvgIpc) is 3.31. The van der Waals surface area contributed by atoms with Crippen molar-refractivity contribution in [3.05, 3.63) is 75.4 Å². The van der Waals surface area contributed by atoms with Crippen LogP contribution in [0.4, 0.5) is 37.8 Å². The maximum atomic E-state index is 13.9. The molecule has 0 aliphatic carbocycles. The van der Waals surface area contributed by atoms with Gasteiger partial charge in [-0.25, -0.2) is 4.98 Å². The van der Waals surface area contributed by atoms with Crippen LogP contribution in [0.5, 0.6) is 0 Å². The van der Waals surface area contributed by atoms with Crippen molar-refractivity contribution in [2.45, 2.75) is 50.2 Å². The summed E-state index contributed by atoms with van der Waals surface area (Å²) < 4.78 is 81.4. The molecule has 2 atom stereocenters. The molecule has 2 unspecified atom stereocenters. The van der Waals surface area contributed by atoms with Crippen molar-refractivity contribution < 1.29 is 41.4 Å². The van der Waals surface area contributed by atoms with Crippen molar-refractivity contribution in [3.8, 4) is 11.1 Å². The monoisotopic (exact) mass is 649 g/mol. The van der Waals surface area contributed by atoms with Gasteiger partial charge in [0.05, 0.1) is 47.2 Å². The Morgan fingerprint density at radius 1 is 0.977 bits per heavy atom. The van der Waals surface area contributed by atoms with E-state index in [1.807, 2.05) is 0 Å². The lowest BCUT2D eigenvalue weighted by atomic mass is 9.81. The normalized spacial score (nSPS) is 17.8. The van der Waals surface area contributed by atoms with E-state index in [2.05, 4.69) is 4.98 Å². The van der Waals surface area contributed by atoms with Crippen molar-refractivity contribution in [2.24, 2.45) is 0 Å². The number of nitrogens with zero attached hydrogens (tertiary/aromatic N) is 3. The van der Waals surface area contributed by atoms with Gasteiger partial charge in [-0.3, -0.25) is 4.79 Å². The predicted molar refractivity (Wildman–Crippen MR) is 151 cm³/mol. The number of halogens is 8. The number of carbonyl (C=O) groups excluding carboxylic acids is 1. The average molecular weight is 650 g/mol. The summed E-state index contributed by atoms with van der Waals surface area (Å²) in [6.07, 6.45) is -9.29. The van der Waals surface area contributed by atoms with E-state index in [1.54, 1.807) is 23.1 Å². The number of hydrogen-bond donors (Lipinski definition) is 2. The Labute approximate surface area is 253 Å². The highest BCUT2D eigenvalue weighted by atomic mass is 35.5. The van der Waals surface area contributed by atoms with E-state index < -0.39 is 52.5 Å². The van der Waals surface area contributed by atoms with Crippen LogP contribution in [0.15, 0.2) is 48.7 Å². The molecule has 1 aromatic heterocycles. The van der Waals surface area contributed by atoms with E-state index in [-0.39, 0.29) is 29.9 Å². The van der Waals surface area contributed by atoms with Crippen molar-refractivity contribution >= 4 is 40.6 Å². The summed E-state index contributed by atoms with van der Waals surface area (Å²) in [7, 11) is 1.32. The predicted octanol–water partition coefficient (Wildman–Crippen LogP) is 6.97. The highest BCUT2D eigenvalue weighted by Gasteiger charge is 2.41. The van der Waals surface area contributed by atoms with Gasteiger partial charge in [-0.05, 0) is 62.2 Å². The molecule has 0 spiro atoms. The van der Waals surface area contributed by atoms with E-state index in [4.69, 9.17) is 23.2 Å². The molecule has 1 aliphatic rings. The summed E-state index contributed by atoms with van der Waals surface area (Å²) in [5.74, 6) is -0.487. The Kier molecular flexibility index (Phi) is 9.01. The van der Waals surface area contributed by atoms with Gasteiger partial charge in [-0.1, -0.05) is 29.3 Å². The molecule has 232 valence electrons. The maximum absolute atomic E-state index is 13.9. The molecule has 43 heavy (non-hydrogen) atoms. The molecule has 1 saturated heterocycles. The topological polar surface area (TPSA) is 76.9 Å². The van der Waals surface area contributed by atoms with Crippen LogP contribution in [0.2, 0.25) is 10.0 Å². The fourth-order valence-corrected chi connectivity index (χ4v) is 5.61. The molecule has 1 amide bonds. The lowest BCUT2D eigenvalue weighted by Crippen LogP contribution is -2.42. The Balaban J connectivity index is 1.84. The van der Waals surface area contributed by atoms with Gasteiger partial charge in [0, 0.05) is 34.8 Å². The number of benzene rings is 2. The van der Waals surface area contributed by atoms with E-state index in [1.165, 1.54) is 33.2 Å². The van der Waals surface area contributed by atoms with Crippen LogP contribution in [0.1, 0.15) is 37.0 Å². The molecular formula is C29H27Cl2F6N3O3. The SMILES string of the molecule is CN(C(=O)C(C)(C)c1cc(C(F)(F)F)cc(C(F)(F)F)c1)c1cnc(N2CC(O)CC2CO)cc1-c1ccc(Cl)cc1Cl. The number of β-amino-alcohol motifs (C(OH)–C–C–N with tert-alkyl or cyclic N) is 1. The number of rotatable bonds is 6. The highest BCUT2D eigenvalue weighted by Crippen LogP contribution is 2.42. The van der Waals surface area contributed by atoms with Crippen molar-refractivity contribution in [2.75, 3.05) is 30.0 Å². The van der Waals surface area contributed by atoms with Gasteiger partial charge in [-0.2, -0.15) is 26.3 Å². The number of anilines is 2. The van der Waals surface area contributed by atoms with Gasteiger partial charge in [0.1, 0.15) is 5.82 Å². The molecule has 2 N–H and O–H groups in total. The third-order valence-corrected chi connectivity index (χ3v) is 8.05. The van der Waals surface area contributed by atoms with Gasteiger partial charge < -0.3 is 20.0 Å². The molecule has 3 aromatic rings. The third-order valence-electron chi connectivity index (χ3n) is 7.50. The van der Waals surface area contributed by atoms with Crippen LogP contribution in [0.3, 0.4) is 0 Å². The summed E-state index contributed by atoms with van der Waals surface area (Å²) in [5.41, 5.74) is -4.53. The maximum Gasteiger partial charge on any atom is 0.416 e. The summed E-state index contributed by atoms with van der Waals surface area (Å²) in [4.78, 5) is 21.1. The van der Waals surface area contributed by atoms with Gasteiger partial charge >= 0.3 is 12.4 Å². The van der Waals surface area contributed by atoms with E-state index in [0.29, 0.717) is 40.5 Å². The Morgan fingerprint density at radius 2 is 1.56 bits per heavy atom. The standard InChI is InChI=1S/C29H27Cl2F6N3O3/c1-27(2,15-6-16(28(32,33)34)8-17(7-15)29(35,36)37)26(43)39(3)24-12-38-25(40-13-20(42)10-19(40)14-41)11-22(24)21-5-4-18(30)9-23(21)31/h4-9,11-12,19-20,41-42H,10,13-14H2,1-3H3. The Hall–Kier alpha value is -3.06. The number of alkyl halides is 6. The number of aromatic nitrogens is 1. The van der Waals surface area contributed by atoms with E-state index in [9.17, 15) is 41.4 Å². The first-order chi connectivity index (χ1) is 19.8. The quantitative estimate of drug-likeness (QED) is 0.282. The van der Waals surface area contributed by atoms with Gasteiger partial charge in [0.2, 0.25) is 5.91 Å². The number of hydrogen-bond acceptors (Lipinski definition) is 5. The fraction of sp³-hybridized carbons (Fsp3) is 0.379. The number of carbonyl (C=O) groups is 1. The smallest absolute Gasteiger partial charge is 0.394 e. The first-order valence-corrected chi connectivity index (χ1v) is 13.7. The number of aliphatic hydroxyl groups is 2. The fourth-order valence-electron chi connectivity index (χ4n) is 5.10. The molecular weight excluding hydrogens is 623 g/mol. The zero-order chi connectivity index (χ0) is 32.1. The lowest BCUT2D eigenvalue weighted by molar-refractivity contribution is -0.143. The number of aliphatic hydroxyl groups excluding tert-OH is 2. The minimum atomic E-state index is -5.09. The van der Waals surface area contributed by atoms with E-state index in [0.717, 1.165) is 4.90 Å². The third kappa shape index (κ3) is 6.72. The number of amides is 1. The lowest BCUT2D eigenvalue weighted by Gasteiger charge is -2.32. The van der Waals surface area contributed by atoms with Crippen molar-refractivity contribution in [1.29, 1.82) is 0 Å². The summed E-state index contributed by atoms with van der Waals surface area (Å²) >= 11 is 12.6. The zero-order valence-corrected chi connectivity index (χ0v) is 24.6. The molecule has 4 rings (SSSR count). The van der Waals surface area contributed by atoms with E-state index >= 15 is 0 Å². The Bertz CT molecular complexity index is 1500. The van der Waals surface area contributed by atoms with Crippen LogP contribution in [0, 0.1) is 0 Å². The molecule has 0 radical (unpaired) electrons. The molecule has 1 fully saturated rings. The second-order valence-electron chi connectivity index (χ2n) is 10.8. The van der Waals surface area contributed by atoms with Crippen molar-refractivity contribution in [1.82, 2.24) is 4.98 Å². The molecule has 0 bridgehead atoms. The molecule has 14 heteroatoms. The second kappa shape index (κ2) is 11.8. The van der Waals surface area contributed by atoms with Gasteiger partial charge in [0.15, 0.2) is 0 Å². The largest absolute Gasteiger partial charge is 0.416 e. The first-order valence-electron chi connectivity index (χ1n) is 12.9. The summed E-state index contributed by atoms with van der Waals surface area (Å²) in [6, 6.07) is 6.81.